The van der Waals surface area contributed by atoms with Gasteiger partial charge in [-0.1, -0.05) is 66.7 Å². The summed E-state index contributed by atoms with van der Waals surface area (Å²) < 4.78 is 4.92. The van der Waals surface area contributed by atoms with Crippen molar-refractivity contribution < 1.29 is 14.3 Å². The first-order valence-electron chi connectivity index (χ1n) is 11.3. The van der Waals surface area contributed by atoms with Crippen LogP contribution in [0.2, 0.25) is 0 Å². The van der Waals surface area contributed by atoms with Crippen molar-refractivity contribution in [3.63, 3.8) is 0 Å². The summed E-state index contributed by atoms with van der Waals surface area (Å²) in [5, 5.41) is 0. The Morgan fingerprint density at radius 3 is 2.19 bits per heavy atom. The number of ether oxygens (including phenoxy) is 1. The van der Waals surface area contributed by atoms with E-state index in [2.05, 4.69) is 52.0 Å². The minimum absolute atomic E-state index is 0.139. The van der Waals surface area contributed by atoms with Crippen molar-refractivity contribution in [3.8, 4) is 0 Å². The number of hydrogen-bond donors (Lipinski definition) is 0. The molecule has 0 saturated heterocycles. The van der Waals surface area contributed by atoms with E-state index in [9.17, 15) is 9.59 Å². The molecule has 0 aliphatic carbocycles. The predicted octanol–water partition coefficient (Wildman–Crippen LogP) is 7.31. The van der Waals surface area contributed by atoms with Crippen LogP contribution >= 0.6 is 11.3 Å². The molecular weight excluding hydrogens is 404 g/mol. The van der Waals surface area contributed by atoms with Crippen LogP contribution in [0.1, 0.15) is 105 Å². The molecular formula is C27H38O3S. The third-order valence-corrected chi connectivity index (χ3v) is 7.72. The van der Waals surface area contributed by atoms with E-state index in [1.807, 2.05) is 26.8 Å². The summed E-state index contributed by atoms with van der Waals surface area (Å²) in [7, 11) is 1.42. The van der Waals surface area contributed by atoms with Gasteiger partial charge in [-0.3, -0.25) is 4.79 Å². The lowest BCUT2D eigenvalue weighted by Gasteiger charge is -2.33. The first-order chi connectivity index (χ1) is 14.5. The minimum atomic E-state index is -0.298. The molecule has 1 aromatic heterocycles. The summed E-state index contributed by atoms with van der Waals surface area (Å²) in [5.41, 5.74) is 3.42. The molecule has 0 bridgehead atoms. The van der Waals surface area contributed by atoms with Crippen molar-refractivity contribution in [2.24, 2.45) is 5.41 Å². The molecule has 0 amide bonds. The maximum absolute atomic E-state index is 12.5. The third kappa shape index (κ3) is 5.46. The van der Waals surface area contributed by atoms with Crippen LogP contribution in [0.3, 0.4) is 0 Å². The highest BCUT2D eigenvalue weighted by Crippen LogP contribution is 2.43. The number of benzene rings is 1. The second-order valence-corrected chi connectivity index (χ2v) is 10.8. The number of aryl methyl sites for hydroxylation is 1. The second kappa shape index (κ2) is 10.1. The summed E-state index contributed by atoms with van der Waals surface area (Å²) >= 11 is 1.53. The van der Waals surface area contributed by atoms with E-state index in [1.165, 1.54) is 40.0 Å². The van der Waals surface area contributed by atoms with Crippen LogP contribution in [0, 0.1) is 5.41 Å². The standard InChI is InChI=1S/C27H38O3S/c1-9-27(10-2,24-16-14-22(31-24)25(29)30-8)20-13-11-19(21(17-20)18(3)4)12-15-23(28)26(5,6)7/h11,13-14,16-18H,9-10,12,15H2,1-8H3. The van der Waals surface area contributed by atoms with Gasteiger partial charge in [-0.25, -0.2) is 4.79 Å². The third-order valence-electron chi connectivity index (χ3n) is 6.45. The van der Waals surface area contributed by atoms with E-state index in [1.54, 1.807) is 0 Å². The molecule has 1 heterocycles. The highest BCUT2D eigenvalue weighted by Gasteiger charge is 2.33. The van der Waals surface area contributed by atoms with Crippen molar-refractivity contribution in [1.29, 1.82) is 0 Å². The molecule has 0 radical (unpaired) electrons. The smallest absolute Gasteiger partial charge is 0.348 e. The normalized spacial score (nSPS) is 12.3. The molecule has 2 aromatic rings. The summed E-state index contributed by atoms with van der Waals surface area (Å²) in [4.78, 5) is 26.3. The van der Waals surface area contributed by atoms with Gasteiger partial charge in [0.1, 0.15) is 10.7 Å². The fraction of sp³-hybridized carbons (Fsp3) is 0.556. The van der Waals surface area contributed by atoms with Gasteiger partial charge in [0.2, 0.25) is 0 Å². The van der Waals surface area contributed by atoms with Crippen LogP contribution in [0.25, 0.3) is 0 Å². The monoisotopic (exact) mass is 442 g/mol. The highest BCUT2D eigenvalue weighted by atomic mass is 32.1. The number of hydrogen-bond acceptors (Lipinski definition) is 4. The zero-order valence-electron chi connectivity index (χ0n) is 20.4. The van der Waals surface area contributed by atoms with Crippen molar-refractivity contribution in [2.75, 3.05) is 7.11 Å². The lowest BCUT2D eigenvalue weighted by molar-refractivity contribution is -0.126. The summed E-state index contributed by atoms with van der Waals surface area (Å²) in [6, 6.07) is 10.7. The van der Waals surface area contributed by atoms with Crippen LogP contribution in [-0.4, -0.2) is 18.9 Å². The molecule has 0 spiro atoms. The Morgan fingerprint density at radius 2 is 1.68 bits per heavy atom. The Hall–Kier alpha value is -1.94. The van der Waals surface area contributed by atoms with Crippen molar-refractivity contribution in [1.82, 2.24) is 0 Å². The summed E-state index contributed by atoms with van der Waals surface area (Å²) in [6.45, 7) is 14.8. The van der Waals surface area contributed by atoms with Crippen molar-refractivity contribution >= 4 is 23.1 Å². The minimum Gasteiger partial charge on any atom is -0.465 e. The zero-order valence-corrected chi connectivity index (χ0v) is 21.2. The first kappa shape index (κ1) is 25.3. The van der Waals surface area contributed by atoms with Gasteiger partial charge in [0.05, 0.1) is 7.11 Å². The number of Topliss-reactive ketones (excluding diaryl/α,β-unsaturated/α-hetero) is 1. The molecule has 1 aromatic carbocycles. The topological polar surface area (TPSA) is 43.4 Å². The number of carbonyl (C=O) groups is 2. The lowest BCUT2D eigenvalue weighted by Crippen LogP contribution is -2.25. The Morgan fingerprint density at radius 1 is 1.03 bits per heavy atom. The Balaban J connectivity index is 2.47. The van der Waals surface area contributed by atoms with E-state index >= 15 is 0 Å². The van der Waals surface area contributed by atoms with Crippen LogP contribution in [0.4, 0.5) is 0 Å². The van der Waals surface area contributed by atoms with Crippen LogP contribution in [0.5, 0.6) is 0 Å². The van der Waals surface area contributed by atoms with Crippen molar-refractivity contribution in [3.05, 3.63) is 56.8 Å². The fourth-order valence-corrected chi connectivity index (χ4v) is 5.51. The average Bonchev–Trinajstić information content (AvgIpc) is 3.23. The van der Waals surface area contributed by atoms with Gasteiger partial charge in [0, 0.05) is 22.1 Å². The molecule has 2 rings (SSSR count). The molecule has 31 heavy (non-hydrogen) atoms. The highest BCUT2D eigenvalue weighted by molar-refractivity contribution is 7.14. The molecule has 0 aliphatic heterocycles. The number of esters is 1. The first-order valence-corrected chi connectivity index (χ1v) is 12.2. The van der Waals surface area contributed by atoms with E-state index < -0.39 is 0 Å². The van der Waals surface area contributed by atoms with Gasteiger partial charge in [0.25, 0.3) is 0 Å². The maximum Gasteiger partial charge on any atom is 0.348 e. The van der Waals surface area contributed by atoms with E-state index in [4.69, 9.17) is 4.74 Å². The zero-order chi connectivity index (χ0) is 23.4. The van der Waals surface area contributed by atoms with Gasteiger partial charge < -0.3 is 4.74 Å². The number of thiophene rings is 1. The number of methoxy groups -OCH3 is 1. The molecule has 170 valence electrons. The van der Waals surface area contributed by atoms with Gasteiger partial charge in [-0.15, -0.1) is 11.3 Å². The van der Waals surface area contributed by atoms with Crippen LogP contribution < -0.4 is 0 Å². The van der Waals surface area contributed by atoms with Crippen molar-refractivity contribution in [2.45, 2.75) is 85.5 Å². The molecule has 0 fully saturated rings. The lowest BCUT2D eigenvalue weighted by atomic mass is 9.73. The summed E-state index contributed by atoms with van der Waals surface area (Å²) in [6.07, 6.45) is 3.25. The maximum atomic E-state index is 12.5. The van der Waals surface area contributed by atoms with E-state index in [0.717, 1.165) is 19.3 Å². The molecule has 0 unspecified atom stereocenters. The SMILES string of the molecule is CCC(CC)(c1ccc(CCC(=O)C(C)(C)C)c(C(C)C)c1)c1ccc(C(=O)OC)s1. The number of rotatable bonds is 9. The quantitative estimate of drug-likeness (QED) is 0.382. The van der Waals surface area contributed by atoms with Gasteiger partial charge >= 0.3 is 5.97 Å². The molecule has 0 aliphatic rings. The van der Waals surface area contributed by atoms with Crippen LogP contribution in [-0.2, 0) is 21.4 Å². The molecule has 4 heteroatoms. The van der Waals surface area contributed by atoms with E-state index in [0.29, 0.717) is 23.0 Å². The predicted molar refractivity (Wildman–Crippen MR) is 130 cm³/mol. The average molecular weight is 443 g/mol. The summed E-state index contributed by atoms with van der Waals surface area (Å²) in [5.74, 6) is 0.399. The fourth-order valence-electron chi connectivity index (χ4n) is 4.24. The molecule has 3 nitrogen and oxygen atoms in total. The largest absolute Gasteiger partial charge is 0.465 e. The Kier molecular flexibility index (Phi) is 8.27. The van der Waals surface area contributed by atoms with Gasteiger partial charge in [-0.2, -0.15) is 0 Å². The van der Waals surface area contributed by atoms with E-state index in [-0.39, 0.29) is 16.8 Å². The van der Waals surface area contributed by atoms with Gasteiger partial charge in [0.15, 0.2) is 0 Å². The number of ketones is 1. The Labute approximate surface area is 192 Å². The van der Waals surface area contributed by atoms with Gasteiger partial charge in [-0.05, 0) is 54.0 Å². The second-order valence-electron chi connectivity index (χ2n) is 9.69. The Bertz CT molecular complexity index is 911. The molecule has 0 atom stereocenters. The molecule has 0 saturated carbocycles. The van der Waals surface area contributed by atoms with Crippen LogP contribution in [0.15, 0.2) is 30.3 Å². The number of carbonyl (C=O) groups excluding carboxylic acids is 2. The molecule has 0 N–H and O–H groups in total.